The Morgan fingerprint density at radius 1 is 1.20 bits per heavy atom. The van der Waals surface area contributed by atoms with Gasteiger partial charge in [0, 0.05) is 26.2 Å². The first-order valence-electron chi connectivity index (χ1n) is 15.9. The van der Waals surface area contributed by atoms with Gasteiger partial charge in [0.25, 0.3) is 11.5 Å². The number of nitrogens with two attached hydrogens (primary N) is 2. The van der Waals surface area contributed by atoms with E-state index in [2.05, 4.69) is 45.3 Å². The van der Waals surface area contributed by atoms with Crippen LogP contribution in [0.1, 0.15) is 32.9 Å². The number of aliphatic hydroxyl groups excluding tert-OH is 2. The van der Waals surface area contributed by atoms with E-state index in [0.717, 1.165) is 0 Å². The summed E-state index contributed by atoms with van der Waals surface area (Å²) < 4.78 is 41.6. The van der Waals surface area contributed by atoms with E-state index in [0.29, 0.717) is 0 Å². The maximum Gasteiger partial charge on any atom is 0.323 e. The van der Waals surface area contributed by atoms with Crippen LogP contribution in [0.15, 0.2) is 22.4 Å². The molecule has 0 aliphatic carbocycles. The van der Waals surface area contributed by atoms with Gasteiger partial charge in [-0.25, -0.2) is 33.1 Å². The van der Waals surface area contributed by atoms with Crippen LogP contribution < -0.4 is 32.4 Å². The van der Waals surface area contributed by atoms with Crippen molar-refractivity contribution >= 4 is 62.0 Å². The number of nitrogens with zero attached hydrogens (tertiary/aromatic N) is 7. The Hall–Kier alpha value is -4.81. The van der Waals surface area contributed by atoms with Crippen LogP contribution >= 0.6 is 0 Å². The molecule has 0 bridgehead atoms. The number of ether oxygens (including phenoxy) is 2. The molecule has 0 spiro atoms. The third-order valence-electron chi connectivity index (χ3n) is 9.12. The number of esters is 1. The summed E-state index contributed by atoms with van der Waals surface area (Å²) in [6.07, 6.45) is -2.60. The quantitative estimate of drug-likeness (QED) is 0.0947. The molecule has 22 nitrogen and oxygen atoms in total. The molecule has 2 fully saturated rings. The molecule has 0 aromatic carbocycles. The Labute approximate surface area is 290 Å². The molecule has 51 heavy (non-hydrogen) atoms. The summed E-state index contributed by atoms with van der Waals surface area (Å²) in [5.74, 6) is -1.06. The third-order valence-corrected chi connectivity index (χ3v) is 11.0. The van der Waals surface area contributed by atoms with Gasteiger partial charge in [-0.2, -0.15) is 4.98 Å². The number of aliphatic hydroxyl groups is 2. The summed E-state index contributed by atoms with van der Waals surface area (Å²) in [5.41, 5.74) is 10.3. The molecule has 6 rings (SSSR count). The molecular formula is C28H39N13O9S. The summed E-state index contributed by atoms with van der Waals surface area (Å²) in [7, 11) is -2.86. The largest absolute Gasteiger partial charge is 0.468 e. The van der Waals surface area contributed by atoms with Crippen molar-refractivity contribution < 1.29 is 37.7 Å². The van der Waals surface area contributed by atoms with Crippen molar-refractivity contribution in [2.45, 2.75) is 68.1 Å². The van der Waals surface area contributed by atoms with Crippen LogP contribution in [0.5, 0.6) is 0 Å². The number of H-pyrrole nitrogens is 1. The molecule has 10 N–H and O–H groups in total. The maximum atomic E-state index is 13.4. The molecular weight excluding hydrogens is 694 g/mol. The summed E-state index contributed by atoms with van der Waals surface area (Å²) in [6, 6.07) is -0.946. The molecule has 6 atom stereocenters. The highest BCUT2D eigenvalue weighted by atomic mass is 32.2. The van der Waals surface area contributed by atoms with Gasteiger partial charge in [-0.15, -0.1) is 0 Å². The van der Waals surface area contributed by atoms with Gasteiger partial charge >= 0.3 is 5.97 Å². The molecule has 3 unspecified atom stereocenters. The number of carbonyl (C=O) groups is 2. The fraction of sp³-hybridized carbons (Fsp3) is 0.571. The monoisotopic (exact) mass is 733 g/mol. The van der Waals surface area contributed by atoms with Gasteiger partial charge in [0.05, 0.1) is 24.2 Å². The number of aliphatic imine (C=N–C) groups is 1. The zero-order valence-electron chi connectivity index (χ0n) is 27.8. The van der Waals surface area contributed by atoms with Gasteiger partial charge in [0.1, 0.15) is 41.9 Å². The molecule has 276 valence electrons. The van der Waals surface area contributed by atoms with Crippen molar-refractivity contribution in [2.75, 3.05) is 50.1 Å². The lowest BCUT2D eigenvalue weighted by atomic mass is 9.95. The van der Waals surface area contributed by atoms with Gasteiger partial charge < -0.3 is 41.8 Å². The van der Waals surface area contributed by atoms with Gasteiger partial charge in [0.15, 0.2) is 29.2 Å². The van der Waals surface area contributed by atoms with Gasteiger partial charge in [-0.3, -0.25) is 28.8 Å². The number of methoxy groups -OCH3 is 1. The molecule has 1 amide bonds. The number of nitrogens with one attached hydrogen (secondary N) is 4. The van der Waals surface area contributed by atoms with E-state index < -0.39 is 68.8 Å². The topological polar surface area (TPSA) is 320 Å². The molecule has 2 saturated heterocycles. The molecule has 3 aliphatic heterocycles. The second kappa shape index (κ2) is 13.7. The highest BCUT2D eigenvalue weighted by Gasteiger charge is 2.46. The fourth-order valence-electron chi connectivity index (χ4n) is 6.43. The molecule has 0 radical (unpaired) electrons. The number of amides is 1. The van der Waals surface area contributed by atoms with Crippen LogP contribution in [0.2, 0.25) is 0 Å². The van der Waals surface area contributed by atoms with E-state index in [9.17, 15) is 33.0 Å². The number of nitrogen functional groups attached to an aromatic ring is 2. The number of hydrogen-bond donors (Lipinski definition) is 8. The summed E-state index contributed by atoms with van der Waals surface area (Å²) >= 11 is 0. The van der Waals surface area contributed by atoms with Crippen molar-refractivity contribution in [1.82, 2.24) is 44.4 Å². The molecule has 6 heterocycles. The minimum absolute atomic E-state index is 0.0275. The van der Waals surface area contributed by atoms with E-state index in [1.165, 1.54) is 24.3 Å². The van der Waals surface area contributed by atoms with Crippen LogP contribution in [-0.4, -0.2) is 139 Å². The van der Waals surface area contributed by atoms with Crippen molar-refractivity contribution in [3.8, 4) is 0 Å². The summed E-state index contributed by atoms with van der Waals surface area (Å²) in [6.45, 7) is 3.41. The first kappa shape index (κ1) is 36.0. The van der Waals surface area contributed by atoms with Crippen LogP contribution in [0.3, 0.4) is 0 Å². The van der Waals surface area contributed by atoms with Gasteiger partial charge in [0.2, 0.25) is 16.0 Å². The van der Waals surface area contributed by atoms with Crippen LogP contribution in [0, 0.1) is 0 Å². The van der Waals surface area contributed by atoms with Gasteiger partial charge in [-0.05, 0) is 26.7 Å². The normalized spacial score (nSPS) is 26.3. The standard InChI is InChI=1S/C28H39N13O9S/c1-28(2)19(36-16-21(39-28)37-27(30)38-23(16)44)24(45)31-5-7-40-6-4-12(8-13(40)26(46)49-3)51(47,48)35-9-14-17(42)18(43)25(50-14)41-11-34-15-20(29)32-10-33-22(15)41/h10-14,17-18,25,35,42-43H,4-9H2,1-3H3,(H,31,45)(H2,29,32,33)(H4,30,37,38,39,44)/t12?,13?,14-,17?,18+,25-/m1/s1. The molecule has 23 heteroatoms. The number of likely N-dealkylation sites (tertiary alicyclic amines) is 1. The SMILES string of the molecule is COC(=O)C1CC(S(=O)(=O)NC[C@H]2O[C@@H](n3cnc4c(N)ncnc43)[C@@H](O)C2O)CCN1CCNC(=O)C1=Nc2c(nc(N)[nH]c2=O)NC1(C)C. The smallest absolute Gasteiger partial charge is 0.323 e. The Bertz CT molecular complexity index is 2030. The van der Waals surface area contributed by atoms with E-state index >= 15 is 0 Å². The van der Waals surface area contributed by atoms with E-state index in [1.807, 2.05) is 0 Å². The van der Waals surface area contributed by atoms with Crippen molar-refractivity contribution in [3.05, 3.63) is 23.0 Å². The number of anilines is 3. The maximum absolute atomic E-state index is 13.4. The van der Waals surface area contributed by atoms with Crippen LogP contribution in [0.4, 0.5) is 23.3 Å². The highest BCUT2D eigenvalue weighted by molar-refractivity contribution is 7.90. The number of rotatable bonds is 10. The van der Waals surface area contributed by atoms with E-state index in [-0.39, 0.29) is 79.2 Å². The van der Waals surface area contributed by atoms with Crippen LogP contribution in [0.25, 0.3) is 11.2 Å². The Kier molecular flexibility index (Phi) is 9.69. The van der Waals surface area contributed by atoms with Crippen molar-refractivity contribution in [3.63, 3.8) is 0 Å². The number of sulfonamides is 1. The zero-order chi connectivity index (χ0) is 36.8. The number of aromatic amines is 1. The first-order valence-corrected chi connectivity index (χ1v) is 17.5. The average Bonchev–Trinajstić information content (AvgIpc) is 3.63. The number of piperidine rings is 1. The van der Waals surface area contributed by atoms with E-state index in [4.69, 9.17) is 20.9 Å². The van der Waals surface area contributed by atoms with E-state index in [1.54, 1.807) is 18.7 Å². The summed E-state index contributed by atoms with van der Waals surface area (Å²) in [4.78, 5) is 62.8. The Balaban J connectivity index is 1.06. The fourth-order valence-corrected chi connectivity index (χ4v) is 7.91. The minimum Gasteiger partial charge on any atom is -0.468 e. The minimum atomic E-state index is -4.06. The number of fused-ring (bicyclic) bond motifs is 2. The number of carbonyl (C=O) groups excluding carboxylic acids is 2. The lowest BCUT2D eigenvalue weighted by Gasteiger charge is -2.37. The predicted molar refractivity (Wildman–Crippen MR) is 180 cm³/mol. The van der Waals surface area contributed by atoms with Gasteiger partial charge in [-0.1, -0.05) is 0 Å². The second-order valence-electron chi connectivity index (χ2n) is 12.9. The molecule has 3 aliphatic rings. The lowest BCUT2D eigenvalue weighted by molar-refractivity contribution is -0.148. The van der Waals surface area contributed by atoms with Crippen molar-refractivity contribution in [2.24, 2.45) is 4.99 Å². The third kappa shape index (κ3) is 6.94. The van der Waals surface area contributed by atoms with Crippen LogP contribution in [-0.2, 0) is 29.1 Å². The summed E-state index contributed by atoms with van der Waals surface area (Å²) in [5, 5.41) is 26.2. The number of imidazole rings is 1. The lowest BCUT2D eigenvalue weighted by Crippen LogP contribution is -2.55. The molecule has 3 aromatic rings. The highest BCUT2D eigenvalue weighted by Crippen LogP contribution is 2.33. The van der Waals surface area contributed by atoms with Crippen molar-refractivity contribution in [1.29, 1.82) is 0 Å². The molecule has 3 aromatic heterocycles. The molecule has 0 saturated carbocycles. The first-order chi connectivity index (χ1) is 24.1. The average molecular weight is 734 g/mol. The second-order valence-corrected chi connectivity index (χ2v) is 14.9. The zero-order valence-corrected chi connectivity index (χ0v) is 28.6. The number of hydrogen-bond acceptors (Lipinski definition) is 18. The Morgan fingerprint density at radius 3 is 2.71 bits per heavy atom. The Morgan fingerprint density at radius 2 is 1.96 bits per heavy atom. The number of aromatic nitrogens is 6. The predicted octanol–water partition coefficient (Wildman–Crippen LogP) is -3.29.